The zero-order chi connectivity index (χ0) is 27.7. The number of piperidine rings is 1. The number of carbonyl (C=O) groups excluding carboxylic acids is 1. The molecule has 2 atom stereocenters. The molecule has 0 aliphatic carbocycles. The molecule has 2 unspecified atom stereocenters. The van der Waals surface area contributed by atoms with Gasteiger partial charge in [-0.15, -0.1) is 0 Å². The Morgan fingerprint density at radius 3 is 2.23 bits per heavy atom. The van der Waals surface area contributed by atoms with Crippen molar-refractivity contribution in [3.8, 4) is 11.3 Å². The van der Waals surface area contributed by atoms with Gasteiger partial charge in [0.05, 0.1) is 30.1 Å². The molecule has 0 saturated carbocycles. The maximum Gasteiger partial charge on any atom is 0.281 e. The highest BCUT2D eigenvalue weighted by Gasteiger charge is 2.42. The average molecular weight is 540 g/mol. The van der Waals surface area contributed by atoms with Gasteiger partial charge in [-0.3, -0.25) is 18.8 Å². The van der Waals surface area contributed by atoms with Gasteiger partial charge in [0.25, 0.3) is 11.5 Å². The summed E-state index contributed by atoms with van der Waals surface area (Å²) >= 11 is 0. The quantitative estimate of drug-likeness (QED) is 0.388. The van der Waals surface area contributed by atoms with Gasteiger partial charge in [-0.25, -0.2) is 18.2 Å². The third-order valence-corrected chi connectivity index (χ3v) is 7.34. The molecule has 0 radical (unpaired) electrons. The third-order valence-electron chi connectivity index (χ3n) is 7.34. The van der Waals surface area contributed by atoms with Crippen LogP contribution in [0.3, 0.4) is 0 Å². The average Bonchev–Trinajstić information content (AvgIpc) is 3.28. The van der Waals surface area contributed by atoms with Crippen LogP contribution in [0.4, 0.5) is 13.2 Å². The minimum absolute atomic E-state index is 0.0351. The molecular formula is C28H28F3N5O3. The van der Waals surface area contributed by atoms with Crippen molar-refractivity contribution in [3.63, 3.8) is 0 Å². The summed E-state index contributed by atoms with van der Waals surface area (Å²) in [6, 6.07) is 16.8. The number of aliphatic hydroxyl groups is 1. The highest BCUT2D eigenvalue weighted by atomic mass is 19.3. The van der Waals surface area contributed by atoms with Crippen LogP contribution < -0.4 is 5.56 Å². The number of benzene rings is 2. The van der Waals surface area contributed by atoms with E-state index in [2.05, 4.69) is 10.1 Å². The fourth-order valence-corrected chi connectivity index (χ4v) is 5.19. The summed E-state index contributed by atoms with van der Waals surface area (Å²) in [4.78, 5) is 31.6. The van der Waals surface area contributed by atoms with Gasteiger partial charge in [0.15, 0.2) is 11.7 Å². The number of fused-ring (bicyclic) bond motifs is 1. The number of nitrogens with zero attached hydrogens (tertiary/aromatic N) is 5. The monoisotopic (exact) mass is 539 g/mol. The Kier molecular flexibility index (Phi) is 7.26. The summed E-state index contributed by atoms with van der Waals surface area (Å²) in [5.74, 6) is -2.91. The van der Waals surface area contributed by atoms with E-state index in [1.165, 1.54) is 35.2 Å². The topological polar surface area (TPSA) is 93.2 Å². The van der Waals surface area contributed by atoms with E-state index in [0.717, 1.165) is 10.5 Å². The van der Waals surface area contributed by atoms with E-state index >= 15 is 4.39 Å². The number of aromatic nitrogens is 4. The van der Waals surface area contributed by atoms with Crippen LogP contribution in [0.15, 0.2) is 71.8 Å². The number of likely N-dealkylation sites (tertiary alicyclic amines) is 1. The Morgan fingerprint density at radius 1 is 1.00 bits per heavy atom. The highest BCUT2D eigenvalue weighted by molar-refractivity contribution is 5.89. The lowest BCUT2D eigenvalue weighted by Gasteiger charge is -2.39. The zero-order valence-corrected chi connectivity index (χ0v) is 21.3. The van der Waals surface area contributed by atoms with E-state index < -0.39 is 35.6 Å². The molecular weight excluding hydrogens is 511 g/mol. The van der Waals surface area contributed by atoms with E-state index in [4.69, 9.17) is 0 Å². The maximum atomic E-state index is 15.1. The van der Waals surface area contributed by atoms with Crippen molar-refractivity contribution in [1.82, 2.24) is 24.2 Å². The molecule has 11 heteroatoms. The molecule has 0 bridgehead atoms. The normalized spacial score (nSPS) is 16.9. The fourth-order valence-electron chi connectivity index (χ4n) is 5.19. The Hall–Kier alpha value is -3.99. The number of rotatable bonds is 7. The summed E-state index contributed by atoms with van der Waals surface area (Å²) in [6.45, 7) is -0.171. The van der Waals surface area contributed by atoms with Gasteiger partial charge in [0, 0.05) is 25.7 Å². The van der Waals surface area contributed by atoms with Gasteiger partial charge in [0.2, 0.25) is 6.43 Å². The summed E-state index contributed by atoms with van der Waals surface area (Å²) in [5, 5.41) is 15.6. The molecule has 1 amide bonds. The van der Waals surface area contributed by atoms with Gasteiger partial charge in [-0.1, -0.05) is 60.7 Å². The standard InChI is InChI=1S/C28H28F3N5O3/c1-34-24(19-10-6-3-7-11-19)22-23(33-34)27(38)36(17-32-22)16-28(39)12-14-35(15-13-28)26(37)21(29)20(25(30)31)18-8-4-2-5-9-18/h2-11,17,20-21,25,39H,12-16H2,1H3. The minimum Gasteiger partial charge on any atom is -0.388 e. The number of halogens is 3. The molecule has 3 heterocycles. The van der Waals surface area contributed by atoms with Crippen molar-refractivity contribution >= 4 is 16.9 Å². The van der Waals surface area contributed by atoms with Gasteiger partial charge in [0.1, 0.15) is 5.52 Å². The molecule has 1 saturated heterocycles. The smallest absolute Gasteiger partial charge is 0.281 e. The third kappa shape index (κ3) is 5.18. The molecule has 1 N–H and O–H groups in total. The first kappa shape index (κ1) is 26.6. The summed E-state index contributed by atoms with van der Waals surface area (Å²) in [6.07, 6.45) is -4.04. The number of alkyl halides is 3. The molecule has 4 aromatic rings. The first-order chi connectivity index (χ1) is 18.7. The van der Waals surface area contributed by atoms with Crippen LogP contribution in [-0.2, 0) is 18.4 Å². The summed E-state index contributed by atoms with van der Waals surface area (Å²) in [7, 11) is 1.72. The van der Waals surface area contributed by atoms with Crippen LogP contribution in [0.1, 0.15) is 24.3 Å². The number of carbonyl (C=O) groups is 1. The second-order valence-electron chi connectivity index (χ2n) is 9.94. The number of hydrogen-bond donors (Lipinski definition) is 1. The first-order valence-electron chi connectivity index (χ1n) is 12.6. The molecule has 204 valence electrons. The lowest BCUT2D eigenvalue weighted by molar-refractivity contribution is -0.143. The molecule has 8 nitrogen and oxygen atoms in total. The van der Waals surface area contributed by atoms with Crippen LogP contribution in [0.25, 0.3) is 22.3 Å². The Labute approximate surface area is 222 Å². The predicted octanol–water partition coefficient (Wildman–Crippen LogP) is 3.54. The van der Waals surface area contributed by atoms with Crippen LogP contribution in [-0.4, -0.2) is 66.5 Å². The predicted molar refractivity (Wildman–Crippen MR) is 139 cm³/mol. The SMILES string of the molecule is Cn1nc2c(=O)n(CC3(O)CCN(C(=O)C(F)C(c4ccccc4)C(F)F)CC3)cnc2c1-c1ccccc1. The molecule has 1 fully saturated rings. The van der Waals surface area contributed by atoms with Crippen molar-refractivity contribution in [2.45, 2.75) is 43.5 Å². The van der Waals surface area contributed by atoms with Crippen LogP contribution >= 0.6 is 0 Å². The molecule has 39 heavy (non-hydrogen) atoms. The number of amides is 1. The lowest BCUT2D eigenvalue weighted by atomic mass is 9.89. The second-order valence-corrected chi connectivity index (χ2v) is 9.94. The van der Waals surface area contributed by atoms with Crippen LogP contribution in [0.2, 0.25) is 0 Å². The maximum absolute atomic E-state index is 15.1. The highest BCUT2D eigenvalue weighted by Crippen LogP contribution is 2.32. The summed E-state index contributed by atoms with van der Waals surface area (Å²) in [5.41, 5.74) is 0.410. The van der Waals surface area contributed by atoms with Gasteiger partial charge < -0.3 is 10.0 Å². The van der Waals surface area contributed by atoms with Crippen molar-refractivity contribution < 1.29 is 23.1 Å². The van der Waals surface area contributed by atoms with Crippen LogP contribution in [0, 0.1) is 0 Å². The zero-order valence-electron chi connectivity index (χ0n) is 21.3. The van der Waals surface area contributed by atoms with Gasteiger partial charge >= 0.3 is 0 Å². The van der Waals surface area contributed by atoms with E-state index in [-0.39, 0.29) is 43.6 Å². The fraction of sp³-hybridized carbons (Fsp3) is 0.357. The molecule has 2 aromatic carbocycles. The van der Waals surface area contributed by atoms with Crippen LogP contribution in [0.5, 0.6) is 0 Å². The van der Waals surface area contributed by atoms with E-state index in [0.29, 0.717) is 11.2 Å². The van der Waals surface area contributed by atoms with E-state index in [1.807, 2.05) is 30.3 Å². The second kappa shape index (κ2) is 10.6. The summed E-state index contributed by atoms with van der Waals surface area (Å²) < 4.78 is 45.4. The molecule has 0 spiro atoms. The Bertz CT molecular complexity index is 1520. The van der Waals surface area contributed by atoms with Crippen molar-refractivity contribution in [3.05, 3.63) is 82.9 Å². The first-order valence-corrected chi connectivity index (χ1v) is 12.6. The van der Waals surface area contributed by atoms with Crippen molar-refractivity contribution in [1.29, 1.82) is 0 Å². The van der Waals surface area contributed by atoms with E-state index in [1.54, 1.807) is 17.8 Å². The lowest BCUT2D eigenvalue weighted by Crippen LogP contribution is -2.52. The Morgan fingerprint density at radius 2 is 1.62 bits per heavy atom. The number of hydrogen-bond acceptors (Lipinski definition) is 5. The van der Waals surface area contributed by atoms with Crippen molar-refractivity contribution in [2.24, 2.45) is 7.05 Å². The van der Waals surface area contributed by atoms with Crippen molar-refractivity contribution in [2.75, 3.05) is 13.1 Å². The minimum atomic E-state index is -3.06. The molecule has 1 aliphatic heterocycles. The molecule has 1 aliphatic rings. The largest absolute Gasteiger partial charge is 0.388 e. The Balaban J connectivity index is 1.30. The molecule has 5 rings (SSSR count). The van der Waals surface area contributed by atoms with Gasteiger partial charge in [-0.2, -0.15) is 5.10 Å². The van der Waals surface area contributed by atoms with Gasteiger partial charge in [-0.05, 0) is 18.4 Å². The molecule has 2 aromatic heterocycles. The number of aryl methyl sites for hydroxylation is 1. The van der Waals surface area contributed by atoms with E-state index in [9.17, 15) is 23.5 Å².